The van der Waals surface area contributed by atoms with Gasteiger partial charge in [-0.3, -0.25) is 9.59 Å². The van der Waals surface area contributed by atoms with E-state index in [4.69, 9.17) is 9.26 Å². The Balaban J connectivity index is 1.46. The summed E-state index contributed by atoms with van der Waals surface area (Å²) in [6, 6.07) is 17.2. The molecule has 4 rings (SSSR count). The molecule has 0 spiro atoms. The predicted molar refractivity (Wildman–Crippen MR) is 111 cm³/mol. The zero-order valence-electron chi connectivity index (χ0n) is 15.4. The number of halogens is 1. The molecule has 2 heterocycles. The highest BCUT2D eigenvalue weighted by Gasteiger charge is 2.09. The number of rotatable bonds is 5. The van der Waals surface area contributed by atoms with Crippen molar-refractivity contribution in [2.24, 2.45) is 0 Å². The highest BCUT2D eigenvalue weighted by atomic mass is 79.9. The molecule has 8 heteroatoms. The number of aromatic nitrogens is 2. The third-order valence-corrected chi connectivity index (χ3v) is 4.58. The van der Waals surface area contributed by atoms with Crippen LogP contribution in [0.1, 0.15) is 21.8 Å². The van der Waals surface area contributed by atoms with Gasteiger partial charge in [0.1, 0.15) is 18.1 Å². The largest absolute Gasteiger partial charge is 0.487 e. The van der Waals surface area contributed by atoms with Crippen LogP contribution in [0.2, 0.25) is 0 Å². The summed E-state index contributed by atoms with van der Waals surface area (Å²) < 4.78 is 13.0. The van der Waals surface area contributed by atoms with E-state index in [1.54, 1.807) is 55.5 Å². The molecule has 29 heavy (non-hydrogen) atoms. The number of fused-ring (bicyclic) bond motifs is 1. The maximum Gasteiger partial charge on any atom is 0.287 e. The molecule has 0 unspecified atom stereocenters. The van der Waals surface area contributed by atoms with Crippen molar-refractivity contribution in [3.05, 3.63) is 92.5 Å². The number of amides is 1. The summed E-state index contributed by atoms with van der Waals surface area (Å²) in [6.07, 6.45) is 0. The van der Waals surface area contributed by atoms with Crippen LogP contribution in [-0.4, -0.2) is 15.5 Å². The standard InChI is InChI=1S/C21H16BrN3O4/c1-13-8-19-23-17(11-20(26)25(19)29-13)12-28-18-7-3-6-16(10-18)24-21(27)14-4-2-5-15(22)9-14/h2-11H,12H2,1H3,(H,24,27). The Kier molecular flexibility index (Phi) is 5.18. The van der Waals surface area contributed by atoms with Gasteiger partial charge in [-0.1, -0.05) is 28.1 Å². The van der Waals surface area contributed by atoms with Crippen LogP contribution in [0.15, 0.2) is 74.5 Å². The van der Waals surface area contributed by atoms with Crippen LogP contribution in [0.3, 0.4) is 0 Å². The lowest BCUT2D eigenvalue weighted by molar-refractivity contribution is 0.102. The van der Waals surface area contributed by atoms with Crippen LogP contribution >= 0.6 is 15.9 Å². The molecule has 0 saturated heterocycles. The quantitative estimate of drug-likeness (QED) is 0.489. The molecule has 0 aliphatic rings. The summed E-state index contributed by atoms with van der Waals surface area (Å²) in [5, 5.41) is 2.84. The van der Waals surface area contributed by atoms with E-state index in [0.717, 1.165) is 9.05 Å². The molecule has 0 aliphatic heterocycles. The van der Waals surface area contributed by atoms with Crippen LogP contribution in [-0.2, 0) is 6.61 Å². The predicted octanol–water partition coefficient (Wildman–Crippen LogP) is 4.19. The van der Waals surface area contributed by atoms with Gasteiger partial charge in [-0.25, -0.2) is 4.98 Å². The molecule has 146 valence electrons. The van der Waals surface area contributed by atoms with E-state index < -0.39 is 0 Å². The normalized spacial score (nSPS) is 10.8. The van der Waals surface area contributed by atoms with Crippen molar-refractivity contribution in [3.8, 4) is 5.75 Å². The van der Waals surface area contributed by atoms with E-state index in [1.807, 2.05) is 6.07 Å². The SMILES string of the molecule is Cc1cc2nc(COc3cccc(NC(=O)c4cccc(Br)c4)c3)cc(=O)n2o1. The van der Waals surface area contributed by atoms with Crippen LogP contribution in [0, 0.1) is 6.92 Å². The highest BCUT2D eigenvalue weighted by molar-refractivity contribution is 9.10. The van der Waals surface area contributed by atoms with E-state index in [1.165, 1.54) is 6.07 Å². The van der Waals surface area contributed by atoms with E-state index in [9.17, 15) is 9.59 Å². The molecule has 1 amide bonds. The number of hydrogen-bond donors (Lipinski definition) is 1. The average Bonchev–Trinajstić information content (AvgIpc) is 3.07. The fourth-order valence-electron chi connectivity index (χ4n) is 2.80. The highest BCUT2D eigenvalue weighted by Crippen LogP contribution is 2.20. The summed E-state index contributed by atoms with van der Waals surface area (Å²) in [7, 11) is 0. The van der Waals surface area contributed by atoms with Gasteiger partial charge < -0.3 is 14.6 Å². The molecule has 2 aromatic heterocycles. The lowest BCUT2D eigenvalue weighted by Gasteiger charge is -2.09. The third kappa shape index (κ3) is 4.38. The molecule has 1 N–H and O–H groups in total. The summed E-state index contributed by atoms with van der Waals surface area (Å²) in [4.78, 5) is 28.8. The second kappa shape index (κ2) is 7.92. The third-order valence-electron chi connectivity index (χ3n) is 4.09. The molecule has 0 atom stereocenters. The average molecular weight is 454 g/mol. The van der Waals surface area contributed by atoms with Crippen molar-refractivity contribution in [3.63, 3.8) is 0 Å². The van der Waals surface area contributed by atoms with Crippen LogP contribution < -0.4 is 15.6 Å². The Labute approximate surface area is 174 Å². The summed E-state index contributed by atoms with van der Waals surface area (Å²) in [6.45, 7) is 1.86. The number of nitrogens with zero attached hydrogens (tertiary/aromatic N) is 2. The molecular weight excluding hydrogens is 438 g/mol. The topological polar surface area (TPSA) is 85.8 Å². The molecule has 4 aromatic rings. The van der Waals surface area contributed by atoms with Gasteiger partial charge in [0.25, 0.3) is 11.5 Å². The number of benzene rings is 2. The zero-order valence-corrected chi connectivity index (χ0v) is 17.0. The Morgan fingerprint density at radius 2 is 2.00 bits per heavy atom. The monoisotopic (exact) mass is 453 g/mol. The van der Waals surface area contributed by atoms with E-state index >= 15 is 0 Å². The molecule has 0 saturated carbocycles. The number of carbonyl (C=O) groups excluding carboxylic acids is 1. The van der Waals surface area contributed by atoms with E-state index in [2.05, 4.69) is 26.2 Å². The van der Waals surface area contributed by atoms with Crippen LogP contribution in [0.5, 0.6) is 5.75 Å². The van der Waals surface area contributed by atoms with Crippen molar-refractivity contribution < 1.29 is 14.1 Å². The lowest BCUT2D eigenvalue weighted by Crippen LogP contribution is -2.14. The smallest absolute Gasteiger partial charge is 0.287 e. The second-order valence-electron chi connectivity index (χ2n) is 6.37. The minimum absolute atomic E-state index is 0.110. The van der Waals surface area contributed by atoms with Crippen LogP contribution in [0.4, 0.5) is 5.69 Å². The number of carbonyl (C=O) groups is 1. The van der Waals surface area contributed by atoms with Crippen molar-refractivity contribution >= 4 is 33.2 Å². The first-order chi connectivity index (χ1) is 14.0. The van der Waals surface area contributed by atoms with Crippen molar-refractivity contribution in [1.29, 1.82) is 0 Å². The molecule has 0 radical (unpaired) electrons. The van der Waals surface area contributed by atoms with Gasteiger partial charge in [-0.2, -0.15) is 0 Å². The first kappa shape index (κ1) is 18.9. The van der Waals surface area contributed by atoms with Gasteiger partial charge in [-0.15, -0.1) is 4.57 Å². The number of hydrogen-bond acceptors (Lipinski definition) is 5. The fourth-order valence-corrected chi connectivity index (χ4v) is 3.20. The van der Waals surface area contributed by atoms with Crippen LogP contribution in [0.25, 0.3) is 5.65 Å². The Morgan fingerprint density at radius 1 is 1.17 bits per heavy atom. The maximum atomic E-state index is 12.4. The first-order valence-electron chi connectivity index (χ1n) is 8.77. The fraction of sp³-hybridized carbons (Fsp3) is 0.0952. The Bertz CT molecular complexity index is 1260. The molecule has 0 fully saturated rings. The molecule has 0 bridgehead atoms. The zero-order chi connectivity index (χ0) is 20.4. The van der Waals surface area contributed by atoms with Gasteiger partial charge in [0.15, 0.2) is 5.65 Å². The summed E-state index contributed by atoms with van der Waals surface area (Å²) in [5.74, 6) is 0.919. The van der Waals surface area contributed by atoms with Gasteiger partial charge in [-0.05, 0) is 37.3 Å². The molecule has 7 nitrogen and oxygen atoms in total. The van der Waals surface area contributed by atoms with Gasteiger partial charge >= 0.3 is 0 Å². The minimum Gasteiger partial charge on any atom is -0.487 e. The number of anilines is 1. The van der Waals surface area contributed by atoms with Crippen molar-refractivity contribution in [1.82, 2.24) is 9.56 Å². The van der Waals surface area contributed by atoms with Gasteiger partial charge in [0.05, 0.1) is 5.69 Å². The first-order valence-corrected chi connectivity index (χ1v) is 9.57. The number of aryl methyl sites for hydroxylation is 1. The van der Waals surface area contributed by atoms with Crippen molar-refractivity contribution in [2.45, 2.75) is 13.5 Å². The van der Waals surface area contributed by atoms with Gasteiger partial charge in [0.2, 0.25) is 0 Å². The molecular formula is C21H16BrN3O4. The van der Waals surface area contributed by atoms with Gasteiger partial charge in [0, 0.05) is 33.9 Å². The number of nitrogens with one attached hydrogen (secondary N) is 1. The second-order valence-corrected chi connectivity index (χ2v) is 7.28. The minimum atomic E-state index is -0.309. The van der Waals surface area contributed by atoms with E-state index in [0.29, 0.717) is 34.1 Å². The molecule has 2 aromatic carbocycles. The van der Waals surface area contributed by atoms with Crippen molar-refractivity contribution in [2.75, 3.05) is 5.32 Å². The number of ether oxygens (including phenoxy) is 1. The lowest BCUT2D eigenvalue weighted by atomic mass is 10.2. The Hall–Kier alpha value is -3.39. The van der Waals surface area contributed by atoms with E-state index in [-0.39, 0.29) is 18.1 Å². The summed E-state index contributed by atoms with van der Waals surface area (Å²) in [5.41, 5.74) is 1.75. The summed E-state index contributed by atoms with van der Waals surface area (Å²) >= 11 is 3.36. The maximum absolute atomic E-state index is 12.4. The Morgan fingerprint density at radius 3 is 2.83 bits per heavy atom. The molecule has 0 aliphatic carbocycles.